The van der Waals surface area contributed by atoms with Gasteiger partial charge in [0.15, 0.2) is 0 Å². The van der Waals surface area contributed by atoms with E-state index in [1.54, 1.807) is 5.56 Å². The van der Waals surface area contributed by atoms with E-state index in [1.807, 2.05) is 0 Å². The van der Waals surface area contributed by atoms with Gasteiger partial charge in [-0.2, -0.15) is 0 Å². The summed E-state index contributed by atoms with van der Waals surface area (Å²) in [5.41, 5.74) is 4.54. The Balaban J connectivity index is 1.87. The SMILES string of the molecule is CCNC1COCCc2ccc(C3CCCCC3)cc21. The van der Waals surface area contributed by atoms with Gasteiger partial charge in [0, 0.05) is 0 Å². The van der Waals surface area contributed by atoms with E-state index >= 15 is 0 Å². The van der Waals surface area contributed by atoms with Crippen molar-refractivity contribution in [3.05, 3.63) is 34.9 Å². The molecular weight excluding hydrogens is 246 g/mol. The van der Waals surface area contributed by atoms with Gasteiger partial charge in [-0.3, -0.25) is 0 Å². The molecule has 0 radical (unpaired) electrons. The number of likely N-dealkylation sites (N-methyl/N-ethyl adjacent to an activating group) is 1. The summed E-state index contributed by atoms with van der Waals surface area (Å²) in [5, 5.41) is 3.59. The van der Waals surface area contributed by atoms with E-state index in [0.717, 1.165) is 32.1 Å². The average molecular weight is 273 g/mol. The quantitative estimate of drug-likeness (QED) is 0.900. The van der Waals surface area contributed by atoms with Crippen LogP contribution < -0.4 is 5.32 Å². The summed E-state index contributed by atoms with van der Waals surface area (Å²) in [6.45, 7) is 4.85. The first-order valence-electron chi connectivity index (χ1n) is 8.32. The van der Waals surface area contributed by atoms with Crippen LogP contribution in [-0.2, 0) is 11.2 Å². The third-order valence-corrected chi connectivity index (χ3v) is 4.87. The van der Waals surface area contributed by atoms with Crippen LogP contribution in [0.15, 0.2) is 18.2 Å². The molecule has 0 aromatic heterocycles. The minimum absolute atomic E-state index is 0.376. The van der Waals surface area contributed by atoms with Gasteiger partial charge in [-0.25, -0.2) is 0 Å². The van der Waals surface area contributed by atoms with Gasteiger partial charge < -0.3 is 10.1 Å². The molecule has 2 heteroatoms. The summed E-state index contributed by atoms with van der Waals surface area (Å²) in [6, 6.07) is 7.59. The first-order chi connectivity index (χ1) is 9.88. The van der Waals surface area contributed by atoms with Crippen LogP contribution in [0.1, 0.15) is 67.7 Å². The number of rotatable bonds is 3. The largest absolute Gasteiger partial charge is 0.379 e. The third kappa shape index (κ3) is 3.07. The van der Waals surface area contributed by atoms with E-state index in [0.29, 0.717) is 6.04 Å². The van der Waals surface area contributed by atoms with Crippen molar-refractivity contribution in [3.63, 3.8) is 0 Å². The molecule has 0 spiro atoms. The first kappa shape index (κ1) is 14.1. The topological polar surface area (TPSA) is 21.3 Å². The summed E-state index contributed by atoms with van der Waals surface area (Å²) in [4.78, 5) is 0. The van der Waals surface area contributed by atoms with Crippen LogP contribution in [0.5, 0.6) is 0 Å². The van der Waals surface area contributed by atoms with Crippen molar-refractivity contribution in [3.8, 4) is 0 Å². The fourth-order valence-electron chi connectivity index (χ4n) is 3.74. The molecule has 1 unspecified atom stereocenters. The van der Waals surface area contributed by atoms with E-state index in [2.05, 4.69) is 30.4 Å². The van der Waals surface area contributed by atoms with Crippen LogP contribution in [0.25, 0.3) is 0 Å². The van der Waals surface area contributed by atoms with Crippen molar-refractivity contribution >= 4 is 0 Å². The maximum atomic E-state index is 5.76. The fraction of sp³-hybridized carbons (Fsp3) is 0.667. The summed E-state index contributed by atoms with van der Waals surface area (Å²) in [6.07, 6.45) is 8.04. The van der Waals surface area contributed by atoms with E-state index in [-0.39, 0.29) is 0 Å². The Hall–Kier alpha value is -0.860. The standard InChI is InChI=1S/C18H27NO/c1-2-19-18-13-20-11-10-15-8-9-16(12-17(15)18)14-6-4-3-5-7-14/h8-9,12,14,18-19H,2-7,10-11,13H2,1H3. The highest BCUT2D eigenvalue weighted by atomic mass is 16.5. The number of ether oxygens (including phenoxy) is 1. The molecule has 1 saturated carbocycles. The molecule has 1 N–H and O–H groups in total. The minimum atomic E-state index is 0.376. The Labute approximate surface area is 122 Å². The molecule has 0 bridgehead atoms. The molecule has 20 heavy (non-hydrogen) atoms. The fourth-order valence-corrected chi connectivity index (χ4v) is 3.74. The lowest BCUT2D eigenvalue weighted by Gasteiger charge is -2.25. The van der Waals surface area contributed by atoms with Gasteiger partial charge in [0.05, 0.1) is 19.3 Å². The number of benzene rings is 1. The molecular formula is C18H27NO. The molecule has 2 nitrogen and oxygen atoms in total. The van der Waals surface area contributed by atoms with Crippen LogP contribution in [0.3, 0.4) is 0 Å². The van der Waals surface area contributed by atoms with Gasteiger partial charge in [-0.05, 0) is 48.4 Å². The van der Waals surface area contributed by atoms with Crippen LogP contribution >= 0.6 is 0 Å². The molecule has 110 valence electrons. The summed E-state index contributed by atoms with van der Waals surface area (Å²) >= 11 is 0. The van der Waals surface area contributed by atoms with E-state index in [1.165, 1.54) is 43.2 Å². The molecule has 0 amide bonds. The Morgan fingerprint density at radius 2 is 2.05 bits per heavy atom. The minimum Gasteiger partial charge on any atom is -0.379 e. The monoisotopic (exact) mass is 273 g/mol. The number of nitrogens with one attached hydrogen (secondary N) is 1. The maximum absolute atomic E-state index is 5.76. The second kappa shape index (κ2) is 6.73. The van der Waals surface area contributed by atoms with E-state index in [9.17, 15) is 0 Å². The van der Waals surface area contributed by atoms with Crippen molar-refractivity contribution in [2.75, 3.05) is 19.8 Å². The van der Waals surface area contributed by atoms with Crippen molar-refractivity contribution in [1.82, 2.24) is 5.32 Å². The molecule has 1 aliphatic heterocycles. The number of fused-ring (bicyclic) bond motifs is 1. The second-order valence-corrected chi connectivity index (χ2v) is 6.23. The van der Waals surface area contributed by atoms with Gasteiger partial charge in [0.25, 0.3) is 0 Å². The maximum Gasteiger partial charge on any atom is 0.0661 e. The van der Waals surface area contributed by atoms with Gasteiger partial charge in [0.2, 0.25) is 0 Å². The highest BCUT2D eigenvalue weighted by Crippen LogP contribution is 2.35. The predicted octanol–water partition coefficient (Wildman–Crippen LogP) is 3.96. The molecule has 0 saturated heterocycles. The van der Waals surface area contributed by atoms with Crippen LogP contribution in [0.4, 0.5) is 0 Å². The lowest BCUT2D eigenvalue weighted by atomic mass is 9.82. The Bertz CT molecular complexity index is 437. The summed E-state index contributed by atoms with van der Waals surface area (Å²) in [5.74, 6) is 0.792. The lowest BCUT2D eigenvalue weighted by molar-refractivity contribution is 0.122. The Morgan fingerprint density at radius 1 is 1.20 bits per heavy atom. The van der Waals surface area contributed by atoms with E-state index < -0.39 is 0 Å². The molecule has 1 atom stereocenters. The molecule has 1 aromatic carbocycles. The number of hydrogen-bond donors (Lipinski definition) is 1. The van der Waals surface area contributed by atoms with E-state index in [4.69, 9.17) is 4.74 Å². The van der Waals surface area contributed by atoms with Crippen molar-refractivity contribution in [1.29, 1.82) is 0 Å². The summed E-state index contributed by atoms with van der Waals surface area (Å²) < 4.78 is 5.76. The smallest absolute Gasteiger partial charge is 0.0661 e. The third-order valence-electron chi connectivity index (χ3n) is 4.87. The van der Waals surface area contributed by atoms with Gasteiger partial charge in [-0.15, -0.1) is 0 Å². The number of hydrogen-bond acceptors (Lipinski definition) is 2. The Kier molecular flexibility index (Phi) is 4.74. The molecule has 3 rings (SSSR count). The van der Waals surface area contributed by atoms with Crippen molar-refractivity contribution in [2.24, 2.45) is 0 Å². The lowest BCUT2D eigenvalue weighted by Crippen LogP contribution is -2.25. The Morgan fingerprint density at radius 3 is 2.85 bits per heavy atom. The van der Waals surface area contributed by atoms with Crippen LogP contribution in [-0.4, -0.2) is 19.8 Å². The zero-order valence-electron chi connectivity index (χ0n) is 12.7. The summed E-state index contributed by atoms with van der Waals surface area (Å²) in [7, 11) is 0. The average Bonchev–Trinajstić information content (AvgIpc) is 2.71. The zero-order valence-corrected chi connectivity index (χ0v) is 12.7. The molecule has 1 aliphatic carbocycles. The van der Waals surface area contributed by atoms with Gasteiger partial charge >= 0.3 is 0 Å². The van der Waals surface area contributed by atoms with Crippen molar-refractivity contribution in [2.45, 2.75) is 57.4 Å². The second-order valence-electron chi connectivity index (χ2n) is 6.23. The van der Waals surface area contributed by atoms with Crippen LogP contribution in [0.2, 0.25) is 0 Å². The van der Waals surface area contributed by atoms with Crippen LogP contribution in [0, 0.1) is 0 Å². The van der Waals surface area contributed by atoms with Gasteiger partial charge in [0.1, 0.15) is 0 Å². The molecule has 1 fully saturated rings. The highest BCUT2D eigenvalue weighted by Gasteiger charge is 2.21. The predicted molar refractivity (Wildman–Crippen MR) is 83.2 cm³/mol. The normalized spacial score (nSPS) is 24.1. The molecule has 1 heterocycles. The first-order valence-corrected chi connectivity index (χ1v) is 8.32. The van der Waals surface area contributed by atoms with Gasteiger partial charge in [-0.1, -0.05) is 44.4 Å². The highest BCUT2D eigenvalue weighted by molar-refractivity contribution is 5.37. The molecule has 2 aliphatic rings. The molecule has 1 aromatic rings. The van der Waals surface area contributed by atoms with Crippen molar-refractivity contribution < 1.29 is 4.74 Å². The zero-order chi connectivity index (χ0) is 13.8.